The zero-order chi connectivity index (χ0) is 37.8. The highest BCUT2D eigenvalue weighted by Gasteiger charge is 2.50. The number of rotatable bonds is 6. The highest BCUT2D eigenvalue weighted by molar-refractivity contribution is 14.1. The van der Waals surface area contributed by atoms with Gasteiger partial charge in [0.1, 0.15) is 33.5 Å². The summed E-state index contributed by atoms with van der Waals surface area (Å²) < 4.78 is 59.6. The second-order valence-electron chi connectivity index (χ2n) is 16.4. The van der Waals surface area contributed by atoms with Crippen molar-refractivity contribution in [3.8, 4) is 17.3 Å². The average Bonchev–Trinajstić information content (AvgIpc) is 3.88. The number of carbonyl (C=O) groups excluding carboxylic acids is 1. The zero-order valence-electron chi connectivity index (χ0n) is 30.9. The number of nitrogens with one attached hydrogen (secondary N) is 1. The second-order valence-corrected chi connectivity index (χ2v) is 17.5. The highest BCUT2D eigenvalue weighted by atomic mass is 127. The number of amides is 1. The minimum Gasteiger partial charge on any atom is -0.461 e. The number of aryl methyl sites for hydroxylation is 2. The number of aromatic amines is 1. The summed E-state index contributed by atoms with van der Waals surface area (Å²) in [4.78, 5) is 34.5. The van der Waals surface area contributed by atoms with Crippen LogP contribution in [-0.2, 0) is 11.8 Å². The summed E-state index contributed by atoms with van der Waals surface area (Å²) in [5, 5.41) is 9.46. The second kappa shape index (κ2) is 12.8. The molecule has 286 valence electrons. The van der Waals surface area contributed by atoms with Crippen LogP contribution in [0.5, 0.6) is 6.01 Å². The van der Waals surface area contributed by atoms with Crippen LogP contribution >= 0.6 is 22.6 Å². The van der Waals surface area contributed by atoms with Crippen LogP contribution in [0.15, 0.2) is 18.3 Å². The summed E-state index contributed by atoms with van der Waals surface area (Å²) in [6.07, 6.45) is 1.54. The van der Waals surface area contributed by atoms with Crippen molar-refractivity contribution in [1.29, 1.82) is 0 Å². The van der Waals surface area contributed by atoms with E-state index in [0.717, 1.165) is 43.0 Å². The molecule has 5 aromatic rings. The van der Waals surface area contributed by atoms with Gasteiger partial charge in [-0.15, -0.1) is 0 Å². The lowest BCUT2D eigenvalue weighted by Crippen LogP contribution is -2.57. The summed E-state index contributed by atoms with van der Waals surface area (Å²) >= 11 is 2.10. The highest BCUT2D eigenvalue weighted by Crippen LogP contribution is 2.46. The van der Waals surface area contributed by atoms with Gasteiger partial charge in [-0.25, -0.2) is 18.0 Å². The quantitative estimate of drug-likeness (QED) is 0.174. The van der Waals surface area contributed by atoms with Crippen LogP contribution in [0.1, 0.15) is 70.4 Å². The molecule has 0 spiro atoms. The predicted octanol–water partition coefficient (Wildman–Crippen LogP) is 7.45. The number of benzene rings is 1. The fourth-order valence-corrected chi connectivity index (χ4v) is 10.3. The number of hydrogen-bond donors (Lipinski definition) is 1. The number of nitrogens with zero attached hydrogens (tertiary/aromatic N) is 8. The van der Waals surface area contributed by atoms with Crippen molar-refractivity contribution in [3.05, 3.63) is 33.2 Å². The zero-order valence-corrected chi connectivity index (χ0v) is 33.1. The third kappa shape index (κ3) is 5.67. The van der Waals surface area contributed by atoms with E-state index in [1.54, 1.807) is 19.2 Å². The van der Waals surface area contributed by atoms with Gasteiger partial charge in [0.25, 0.3) is 6.43 Å². The Morgan fingerprint density at radius 3 is 2.63 bits per heavy atom. The van der Waals surface area contributed by atoms with E-state index in [0.29, 0.717) is 74.5 Å². The van der Waals surface area contributed by atoms with Gasteiger partial charge in [0.2, 0.25) is 0 Å². The van der Waals surface area contributed by atoms with E-state index in [1.165, 1.54) is 0 Å². The molecule has 0 aliphatic carbocycles. The van der Waals surface area contributed by atoms with Crippen LogP contribution in [0.4, 0.5) is 23.8 Å². The number of H-pyrrole nitrogens is 1. The minimum absolute atomic E-state index is 0.0940. The van der Waals surface area contributed by atoms with Crippen molar-refractivity contribution < 1.29 is 27.4 Å². The SMILES string of the molecule is Cc1cc2n[nH]c(I)c2c(-c2nccc3c4c(N5C[C@H]6CC[C@@H](C5)N6C(=O)OC(C)(C)C)nc(OC[C@@]56CCCN5C[C@H](F)C6)nc4n(C)c23)c1C(F)F. The number of halogens is 4. The van der Waals surface area contributed by atoms with E-state index in [1.807, 2.05) is 43.4 Å². The molecular weight excluding hydrogens is 814 g/mol. The maximum absolute atomic E-state index is 15.0. The molecule has 0 radical (unpaired) electrons. The molecule has 2 bridgehead atoms. The topological polar surface area (TPSA) is 118 Å². The van der Waals surface area contributed by atoms with Gasteiger partial charge < -0.3 is 18.9 Å². The van der Waals surface area contributed by atoms with Gasteiger partial charge in [-0.3, -0.25) is 19.9 Å². The van der Waals surface area contributed by atoms with Gasteiger partial charge in [0.15, 0.2) is 0 Å². The van der Waals surface area contributed by atoms with E-state index >= 15 is 8.78 Å². The number of ether oxygens (including phenoxy) is 2. The first kappa shape index (κ1) is 35.8. The Kier molecular flexibility index (Phi) is 8.48. The molecule has 9 rings (SSSR count). The number of pyridine rings is 1. The maximum Gasteiger partial charge on any atom is 0.410 e. The fourth-order valence-electron chi connectivity index (χ4n) is 9.63. The maximum atomic E-state index is 15.0. The Morgan fingerprint density at radius 2 is 1.91 bits per heavy atom. The van der Waals surface area contributed by atoms with Gasteiger partial charge in [-0.1, -0.05) is 0 Å². The first-order valence-corrected chi connectivity index (χ1v) is 19.7. The first-order valence-electron chi connectivity index (χ1n) is 18.6. The summed E-state index contributed by atoms with van der Waals surface area (Å²) in [5.41, 5.74) is 1.77. The molecule has 12 nitrogen and oxygen atoms in total. The van der Waals surface area contributed by atoms with Crippen molar-refractivity contribution in [2.24, 2.45) is 7.05 Å². The smallest absolute Gasteiger partial charge is 0.410 e. The summed E-state index contributed by atoms with van der Waals surface area (Å²) in [7, 11) is 1.86. The molecule has 4 aliphatic heterocycles. The Labute approximate surface area is 323 Å². The van der Waals surface area contributed by atoms with Crippen LogP contribution < -0.4 is 9.64 Å². The van der Waals surface area contributed by atoms with Crippen LogP contribution in [0.25, 0.3) is 44.1 Å². The van der Waals surface area contributed by atoms with Crippen LogP contribution in [-0.4, -0.2) is 108 Å². The summed E-state index contributed by atoms with van der Waals surface area (Å²) in [5.74, 6) is 0.635. The number of aromatic nitrogens is 6. The third-order valence-corrected chi connectivity index (χ3v) is 12.6. The number of hydrogen-bond acceptors (Lipinski definition) is 9. The number of piperazine rings is 1. The number of anilines is 1. The lowest BCUT2D eigenvalue weighted by molar-refractivity contribution is 0.0122. The van der Waals surface area contributed by atoms with Crippen LogP contribution in [0, 0.1) is 10.6 Å². The molecule has 0 saturated carbocycles. The predicted molar refractivity (Wildman–Crippen MR) is 207 cm³/mol. The van der Waals surface area contributed by atoms with Gasteiger partial charge in [0.05, 0.1) is 39.7 Å². The summed E-state index contributed by atoms with van der Waals surface area (Å²) in [6.45, 7) is 9.80. The molecule has 1 amide bonds. The molecule has 1 aromatic carbocycles. The molecule has 16 heteroatoms. The van der Waals surface area contributed by atoms with Crippen molar-refractivity contribution in [1.82, 2.24) is 39.5 Å². The van der Waals surface area contributed by atoms with E-state index in [2.05, 4.69) is 42.6 Å². The lowest BCUT2D eigenvalue weighted by Gasteiger charge is -2.42. The first-order chi connectivity index (χ1) is 25.7. The molecule has 1 N–H and O–H groups in total. The van der Waals surface area contributed by atoms with Gasteiger partial charge in [0, 0.05) is 61.2 Å². The molecule has 0 unspecified atom stereocenters. The van der Waals surface area contributed by atoms with Gasteiger partial charge in [-0.05, 0) is 100 Å². The Balaban J connectivity index is 1.21. The number of fused-ring (bicyclic) bond motifs is 7. The molecule has 4 aromatic heterocycles. The largest absolute Gasteiger partial charge is 0.461 e. The average molecular weight is 858 g/mol. The Hall–Kier alpha value is -3.93. The molecular formula is C38H43F3IN9O3. The fraction of sp³-hybridized carbons (Fsp3) is 0.553. The standard InChI is InChI=1S/C38H43F3IN9O3/c1-19-13-24-27(32(42)47-46-24)28(25(19)31(40)41)29-30-23(9-11-43-29)26-33(48(30)5)44-35(53-18-38-10-6-12-50(38)15-20(39)14-38)45-34(26)49-16-21-7-8-22(17-49)51(21)36(52)54-37(2,3)4/h9,11,13,20-22,31H,6-8,10,12,14-18H2,1-5H3,(H,46,47)/t20-,21-,22+,38+/m1/s1. The Bertz CT molecular complexity index is 2310. The van der Waals surface area contributed by atoms with E-state index in [4.69, 9.17) is 24.4 Å². The van der Waals surface area contributed by atoms with Crippen molar-refractivity contribution in [2.45, 2.75) is 95.6 Å². The molecule has 8 heterocycles. The van der Waals surface area contributed by atoms with E-state index in [-0.39, 0.29) is 36.4 Å². The molecule has 4 fully saturated rings. The number of alkyl halides is 3. The molecule has 4 saturated heterocycles. The van der Waals surface area contributed by atoms with Gasteiger partial charge >= 0.3 is 12.1 Å². The van der Waals surface area contributed by atoms with Crippen LogP contribution in [0.2, 0.25) is 0 Å². The van der Waals surface area contributed by atoms with Crippen molar-refractivity contribution in [2.75, 3.05) is 37.7 Å². The summed E-state index contributed by atoms with van der Waals surface area (Å²) in [6, 6.07) is 3.54. The van der Waals surface area contributed by atoms with E-state index in [9.17, 15) is 9.18 Å². The minimum atomic E-state index is -2.76. The number of carbonyl (C=O) groups is 1. The van der Waals surface area contributed by atoms with Crippen LogP contribution in [0.3, 0.4) is 0 Å². The molecule has 54 heavy (non-hydrogen) atoms. The monoisotopic (exact) mass is 857 g/mol. The normalized spacial score (nSPS) is 24.5. The lowest BCUT2D eigenvalue weighted by atomic mass is 9.94. The van der Waals surface area contributed by atoms with Crippen molar-refractivity contribution >= 4 is 67.3 Å². The molecule has 4 aliphatic rings. The Morgan fingerprint density at radius 1 is 1.15 bits per heavy atom. The third-order valence-electron chi connectivity index (χ3n) is 11.8. The van der Waals surface area contributed by atoms with Crippen molar-refractivity contribution in [3.63, 3.8) is 0 Å². The van der Waals surface area contributed by atoms with Gasteiger partial charge in [-0.2, -0.15) is 15.1 Å². The molecule has 4 atom stereocenters. The van der Waals surface area contributed by atoms with E-state index < -0.39 is 23.7 Å².